The Morgan fingerprint density at radius 2 is 2.00 bits per heavy atom. The Bertz CT molecular complexity index is 918. The van der Waals surface area contributed by atoms with Gasteiger partial charge in [0.05, 0.1) is 15.5 Å². The molecule has 2 amide bonds. The molecule has 2 rings (SSSR count). The average molecular weight is 454 g/mol. The van der Waals surface area contributed by atoms with Gasteiger partial charge in [0, 0.05) is 18.6 Å². The van der Waals surface area contributed by atoms with Crippen molar-refractivity contribution < 1.29 is 14.5 Å². The predicted molar refractivity (Wildman–Crippen MR) is 116 cm³/mol. The summed E-state index contributed by atoms with van der Waals surface area (Å²) in [6.07, 6.45) is 4.04. The van der Waals surface area contributed by atoms with Crippen molar-refractivity contribution in [2.24, 2.45) is 5.92 Å². The number of halogens is 1. The highest BCUT2D eigenvalue weighted by Gasteiger charge is 2.27. The van der Waals surface area contributed by atoms with Crippen molar-refractivity contribution in [3.05, 3.63) is 43.9 Å². The molecule has 11 heteroatoms. The Balaban J connectivity index is 2.05. The van der Waals surface area contributed by atoms with E-state index in [1.165, 1.54) is 23.5 Å². The van der Waals surface area contributed by atoms with Crippen LogP contribution in [0.25, 0.3) is 0 Å². The summed E-state index contributed by atoms with van der Waals surface area (Å²) in [4.78, 5) is 35.5. The number of non-ortho nitro benzene ring substituents is 1. The van der Waals surface area contributed by atoms with Crippen LogP contribution in [0.3, 0.4) is 0 Å². The van der Waals surface area contributed by atoms with Crippen LogP contribution in [-0.4, -0.2) is 33.0 Å². The van der Waals surface area contributed by atoms with Crippen molar-refractivity contribution in [1.29, 1.82) is 0 Å². The highest BCUT2D eigenvalue weighted by Crippen LogP contribution is 2.23. The predicted octanol–water partition coefficient (Wildman–Crippen LogP) is 4.23. The van der Waals surface area contributed by atoms with Gasteiger partial charge in [-0.05, 0) is 18.4 Å². The Kier molecular flexibility index (Phi) is 8.67. The van der Waals surface area contributed by atoms with E-state index in [0.29, 0.717) is 5.13 Å². The summed E-state index contributed by atoms with van der Waals surface area (Å²) < 4.78 is 0. The first-order chi connectivity index (χ1) is 14.2. The van der Waals surface area contributed by atoms with E-state index >= 15 is 0 Å². The summed E-state index contributed by atoms with van der Waals surface area (Å²) in [7, 11) is 0. The maximum Gasteiger partial charge on any atom is 0.270 e. The van der Waals surface area contributed by atoms with Gasteiger partial charge in [0.15, 0.2) is 0 Å². The van der Waals surface area contributed by atoms with Crippen LogP contribution < -0.4 is 10.6 Å². The maximum atomic E-state index is 12.7. The fourth-order valence-electron chi connectivity index (χ4n) is 2.67. The lowest BCUT2D eigenvalue weighted by molar-refractivity contribution is -0.384. The Labute approximate surface area is 183 Å². The second-order valence-corrected chi connectivity index (χ2v) is 8.53. The first-order valence-corrected chi connectivity index (χ1v) is 10.8. The molecule has 0 aliphatic carbocycles. The van der Waals surface area contributed by atoms with Gasteiger partial charge in [0.25, 0.3) is 11.6 Å². The number of nitro groups is 1. The lowest BCUT2D eigenvalue weighted by atomic mass is 10.0. The van der Waals surface area contributed by atoms with Gasteiger partial charge < -0.3 is 5.32 Å². The fraction of sp³-hybridized carbons (Fsp3) is 0.474. The molecule has 0 radical (unpaired) electrons. The molecule has 0 spiro atoms. The lowest BCUT2D eigenvalue weighted by Crippen LogP contribution is -2.47. The summed E-state index contributed by atoms with van der Waals surface area (Å²) in [5.74, 6) is -1.24. The molecule has 0 aliphatic heterocycles. The zero-order valence-electron chi connectivity index (χ0n) is 17.0. The summed E-state index contributed by atoms with van der Waals surface area (Å²) in [6.45, 7) is 5.70. The second kappa shape index (κ2) is 11.0. The third kappa shape index (κ3) is 6.46. The Morgan fingerprint density at radius 1 is 1.27 bits per heavy atom. The number of hydrogen-bond donors (Lipinski definition) is 2. The average Bonchev–Trinajstić information content (AvgIpc) is 3.12. The molecule has 9 nitrogen and oxygen atoms in total. The van der Waals surface area contributed by atoms with Gasteiger partial charge in [0.1, 0.15) is 11.0 Å². The van der Waals surface area contributed by atoms with Crippen molar-refractivity contribution in [2.75, 3.05) is 5.32 Å². The molecule has 2 N–H and O–H groups in total. The van der Waals surface area contributed by atoms with Gasteiger partial charge in [-0.2, -0.15) is 0 Å². The van der Waals surface area contributed by atoms with Crippen LogP contribution in [0.4, 0.5) is 10.8 Å². The molecule has 0 aliphatic rings. The number of amides is 2. The van der Waals surface area contributed by atoms with Crippen LogP contribution in [-0.2, 0) is 11.2 Å². The van der Waals surface area contributed by atoms with Gasteiger partial charge in [-0.25, -0.2) is 0 Å². The van der Waals surface area contributed by atoms with Gasteiger partial charge >= 0.3 is 0 Å². The number of benzene rings is 1. The molecule has 1 aromatic heterocycles. The number of nitro benzene ring substituents is 1. The highest BCUT2D eigenvalue weighted by molar-refractivity contribution is 7.15. The minimum Gasteiger partial charge on any atom is -0.340 e. The van der Waals surface area contributed by atoms with E-state index in [-0.39, 0.29) is 22.2 Å². The second-order valence-electron chi connectivity index (χ2n) is 7.06. The molecule has 0 fully saturated rings. The van der Waals surface area contributed by atoms with Crippen LogP contribution in [0.5, 0.6) is 0 Å². The molecule has 1 atom stereocenters. The number of aryl methyl sites for hydroxylation is 1. The largest absolute Gasteiger partial charge is 0.340 e. The Morgan fingerprint density at radius 3 is 2.60 bits per heavy atom. The monoisotopic (exact) mass is 453 g/mol. The first-order valence-electron chi connectivity index (χ1n) is 9.61. The minimum atomic E-state index is -0.851. The number of carbonyl (C=O) groups is 2. The van der Waals surface area contributed by atoms with E-state index in [4.69, 9.17) is 11.6 Å². The molecular formula is C19H24ClN5O4S. The molecule has 0 saturated heterocycles. The summed E-state index contributed by atoms with van der Waals surface area (Å²) in [5, 5.41) is 25.4. The Hall–Kier alpha value is -2.59. The van der Waals surface area contributed by atoms with Gasteiger partial charge in [-0.1, -0.05) is 56.6 Å². The third-order valence-corrected chi connectivity index (χ3v) is 5.55. The van der Waals surface area contributed by atoms with Crippen molar-refractivity contribution in [3.8, 4) is 0 Å². The van der Waals surface area contributed by atoms with E-state index in [9.17, 15) is 19.7 Å². The summed E-state index contributed by atoms with van der Waals surface area (Å²) in [6, 6.07) is 2.70. The maximum absolute atomic E-state index is 12.7. The topological polar surface area (TPSA) is 127 Å². The molecule has 0 bridgehead atoms. The first kappa shape index (κ1) is 23.7. The van der Waals surface area contributed by atoms with Crippen LogP contribution in [0.1, 0.15) is 55.4 Å². The van der Waals surface area contributed by atoms with Gasteiger partial charge in [-0.3, -0.25) is 25.0 Å². The van der Waals surface area contributed by atoms with Crippen LogP contribution in [0.2, 0.25) is 5.02 Å². The lowest BCUT2D eigenvalue weighted by Gasteiger charge is -2.21. The van der Waals surface area contributed by atoms with Crippen molar-refractivity contribution in [1.82, 2.24) is 15.5 Å². The van der Waals surface area contributed by atoms with Crippen molar-refractivity contribution in [3.63, 3.8) is 0 Å². The standard InChI is InChI=1S/C19H24ClN5O4S/c1-4-5-6-7-15-23-24-19(30-15)22-18(27)16(11(2)3)21-17(26)13-9-8-12(25(28)29)10-14(13)20/h8-11,16H,4-7H2,1-3H3,(H,21,26)(H,22,24,27). The SMILES string of the molecule is CCCCCc1nnc(NC(=O)C(NC(=O)c2ccc([N+](=O)[O-])cc2Cl)C(C)C)s1. The van der Waals surface area contributed by atoms with E-state index in [0.717, 1.165) is 36.8 Å². The number of anilines is 1. The highest BCUT2D eigenvalue weighted by atomic mass is 35.5. The van der Waals surface area contributed by atoms with E-state index in [2.05, 4.69) is 27.8 Å². The molecule has 1 heterocycles. The fourth-order valence-corrected chi connectivity index (χ4v) is 3.72. The normalized spacial score (nSPS) is 11.9. The minimum absolute atomic E-state index is 0.0508. The molecular weight excluding hydrogens is 430 g/mol. The number of carbonyl (C=O) groups excluding carboxylic acids is 2. The van der Waals surface area contributed by atoms with E-state index < -0.39 is 22.8 Å². The molecule has 30 heavy (non-hydrogen) atoms. The van der Waals surface area contributed by atoms with Crippen LogP contribution >= 0.6 is 22.9 Å². The summed E-state index contributed by atoms with van der Waals surface area (Å²) in [5.41, 5.74) is -0.171. The zero-order chi connectivity index (χ0) is 22.3. The molecule has 1 aromatic carbocycles. The number of nitrogens with zero attached hydrogens (tertiary/aromatic N) is 3. The quantitative estimate of drug-likeness (QED) is 0.315. The molecule has 162 valence electrons. The van der Waals surface area contributed by atoms with Crippen LogP contribution in [0.15, 0.2) is 18.2 Å². The van der Waals surface area contributed by atoms with Crippen molar-refractivity contribution >= 4 is 45.6 Å². The van der Waals surface area contributed by atoms with Crippen molar-refractivity contribution in [2.45, 2.75) is 52.5 Å². The molecule has 1 unspecified atom stereocenters. The van der Waals surface area contributed by atoms with E-state index in [1.807, 2.05) is 0 Å². The molecule has 2 aromatic rings. The van der Waals surface area contributed by atoms with Crippen LogP contribution in [0, 0.1) is 16.0 Å². The molecule has 0 saturated carbocycles. The van der Waals surface area contributed by atoms with Gasteiger partial charge in [-0.15, -0.1) is 10.2 Å². The smallest absolute Gasteiger partial charge is 0.270 e. The summed E-state index contributed by atoms with van der Waals surface area (Å²) >= 11 is 7.32. The number of hydrogen-bond acceptors (Lipinski definition) is 7. The van der Waals surface area contributed by atoms with Gasteiger partial charge in [0.2, 0.25) is 11.0 Å². The number of unbranched alkanes of at least 4 members (excludes halogenated alkanes) is 2. The number of rotatable bonds is 10. The van der Waals surface area contributed by atoms with E-state index in [1.54, 1.807) is 13.8 Å². The number of aromatic nitrogens is 2. The number of nitrogens with one attached hydrogen (secondary N) is 2. The third-order valence-electron chi connectivity index (χ3n) is 4.34. The zero-order valence-corrected chi connectivity index (χ0v) is 18.5.